The first-order valence-electron chi connectivity index (χ1n) is 6.66. The summed E-state index contributed by atoms with van der Waals surface area (Å²) in [5.74, 6) is -0.926. The summed E-state index contributed by atoms with van der Waals surface area (Å²) >= 11 is 0. The van der Waals surface area contributed by atoms with Gasteiger partial charge in [-0.15, -0.1) is 0 Å². The maximum atomic E-state index is 11.7. The Balaban J connectivity index is 2.91. The Morgan fingerprint density at radius 2 is 2.05 bits per heavy atom. The largest absolute Gasteiger partial charge is 0.480 e. The minimum absolute atomic E-state index is 0.0563. The molecule has 19 heavy (non-hydrogen) atoms. The van der Waals surface area contributed by atoms with Crippen LogP contribution in [0.2, 0.25) is 0 Å². The van der Waals surface area contributed by atoms with E-state index >= 15 is 0 Å². The van der Waals surface area contributed by atoms with Crippen LogP contribution in [0, 0.1) is 0 Å². The molecular formula is C15H23NO3. The molecule has 0 aliphatic heterocycles. The molecule has 4 nitrogen and oxygen atoms in total. The zero-order valence-electron chi connectivity index (χ0n) is 11.8. The third kappa shape index (κ3) is 3.78. The average Bonchev–Trinajstić information content (AvgIpc) is 2.41. The van der Waals surface area contributed by atoms with Crippen molar-refractivity contribution < 1.29 is 14.6 Å². The second-order valence-electron chi connectivity index (χ2n) is 4.74. The second-order valence-corrected chi connectivity index (χ2v) is 4.74. The number of carboxylic acid groups (broad SMARTS) is 1. The molecule has 0 heterocycles. The molecule has 0 aromatic heterocycles. The predicted octanol–water partition coefficient (Wildman–Crippen LogP) is 2.39. The molecule has 0 amide bonds. The fraction of sp³-hybridized carbons (Fsp3) is 0.533. The highest BCUT2D eigenvalue weighted by atomic mass is 16.5. The van der Waals surface area contributed by atoms with E-state index < -0.39 is 11.5 Å². The molecule has 106 valence electrons. The standard InChI is InChI=1S/C15H23NO3/c1-4-8-12(2)19-11-15(16-3,14(17)18)13-9-6-5-7-10-13/h5-7,9-10,12,16H,4,8,11H2,1-3H3,(H,17,18). The molecule has 0 radical (unpaired) electrons. The Morgan fingerprint density at radius 3 is 2.53 bits per heavy atom. The molecule has 2 atom stereocenters. The van der Waals surface area contributed by atoms with Gasteiger partial charge in [0.25, 0.3) is 0 Å². The Hall–Kier alpha value is -1.39. The highest BCUT2D eigenvalue weighted by Gasteiger charge is 2.39. The number of aliphatic carboxylic acids is 1. The van der Waals surface area contributed by atoms with Gasteiger partial charge < -0.3 is 9.84 Å². The van der Waals surface area contributed by atoms with Gasteiger partial charge in [0, 0.05) is 0 Å². The van der Waals surface area contributed by atoms with Gasteiger partial charge in [0.05, 0.1) is 12.7 Å². The van der Waals surface area contributed by atoms with Crippen LogP contribution in [0.1, 0.15) is 32.3 Å². The van der Waals surface area contributed by atoms with Crippen LogP contribution in [0.3, 0.4) is 0 Å². The first-order chi connectivity index (χ1) is 9.06. The van der Waals surface area contributed by atoms with E-state index in [1.807, 2.05) is 25.1 Å². The molecule has 0 aliphatic rings. The van der Waals surface area contributed by atoms with Crippen molar-refractivity contribution in [3.63, 3.8) is 0 Å². The lowest BCUT2D eigenvalue weighted by molar-refractivity contribution is -0.149. The minimum atomic E-state index is -1.19. The van der Waals surface area contributed by atoms with Gasteiger partial charge in [-0.05, 0) is 26.0 Å². The Morgan fingerprint density at radius 1 is 1.42 bits per heavy atom. The lowest BCUT2D eigenvalue weighted by Crippen LogP contribution is -2.51. The first kappa shape index (κ1) is 15.7. The zero-order valence-corrected chi connectivity index (χ0v) is 11.8. The number of benzene rings is 1. The van der Waals surface area contributed by atoms with Gasteiger partial charge in [-0.1, -0.05) is 43.7 Å². The predicted molar refractivity (Wildman–Crippen MR) is 75.1 cm³/mol. The maximum absolute atomic E-state index is 11.7. The van der Waals surface area contributed by atoms with E-state index in [1.165, 1.54) is 0 Å². The van der Waals surface area contributed by atoms with Gasteiger partial charge in [-0.2, -0.15) is 0 Å². The summed E-state index contributed by atoms with van der Waals surface area (Å²) in [5.41, 5.74) is -0.489. The molecule has 4 heteroatoms. The van der Waals surface area contributed by atoms with Crippen LogP contribution in [0.25, 0.3) is 0 Å². The van der Waals surface area contributed by atoms with E-state index in [9.17, 15) is 9.90 Å². The van der Waals surface area contributed by atoms with Crippen LogP contribution in [0.5, 0.6) is 0 Å². The third-order valence-corrected chi connectivity index (χ3v) is 3.34. The van der Waals surface area contributed by atoms with Crippen molar-refractivity contribution in [1.29, 1.82) is 0 Å². The molecule has 0 spiro atoms. The Labute approximate surface area is 114 Å². The molecule has 1 rings (SSSR count). The number of rotatable bonds is 8. The van der Waals surface area contributed by atoms with Crippen LogP contribution in [0.4, 0.5) is 0 Å². The number of carboxylic acids is 1. The summed E-state index contributed by atoms with van der Waals surface area (Å²) in [7, 11) is 1.65. The van der Waals surface area contributed by atoms with Crippen LogP contribution < -0.4 is 5.32 Å². The number of carbonyl (C=O) groups is 1. The molecule has 0 saturated carbocycles. The fourth-order valence-electron chi connectivity index (χ4n) is 2.07. The first-order valence-corrected chi connectivity index (χ1v) is 6.66. The second kappa shape index (κ2) is 7.26. The molecule has 0 aliphatic carbocycles. The summed E-state index contributed by atoms with van der Waals surface area (Å²) in [6.07, 6.45) is 2.00. The van der Waals surface area contributed by atoms with Gasteiger partial charge in [0.15, 0.2) is 5.54 Å². The minimum Gasteiger partial charge on any atom is -0.480 e. The molecule has 0 bridgehead atoms. The number of nitrogens with one attached hydrogen (secondary N) is 1. The van der Waals surface area contributed by atoms with Gasteiger partial charge in [-0.25, -0.2) is 4.79 Å². The molecule has 0 fully saturated rings. The van der Waals surface area contributed by atoms with Crippen molar-refractivity contribution in [2.45, 2.75) is 38.3 Å². The summed E-state index contributed by atoms with van der Waals surface area (Å²) in [5, 5.41) is 12.5. The molecule has 1 aromatic rings. The molecular weight excluding hydrogens is 242 g/mol. The molecule has 2 N–H and O–H groups in total. The van der Waals surface area contributed by atoms with E-state index in [1.54, 1.807) is 19.2 Å². The van der Waals surface area contributed by atoms with E-state index in [-0.39, 0.29) is 12.7 Å². The van der Waals surface area contributed by atoms with Crippen LogP contribution >= 0.6 is 0 Å². The smallest absolute Gasteiger partial charge is 0.330 e. The van der Waals surface area contributed by atoms with Crippen LogP contribution in [0.15, 0.2) is 30.3 Å². The molecule has 2 unspecified atom stereocenters. The topological polar surface area (TPSA) is 58.6 Å². The summed E-state index contributed by atoms with van der Waals surface area (Å²) < 4.78 is 5.71. The van der Waals surface area contributed by atoms with E-state index in [0.29, 0.717) is 5.56 Å². The van der Waals surface area contributed by atoms with Crippen molar-refractivity contribution in [3.8, 4) is 0 Å². The normalized spacial score (nSPS) is 15.7. The highest BCUT2D eigenvalue weighted by molar-refractivity contribution is 5.81. The Kier molecular flexibility index (Phi) is 5.99. The molecule has 1 aromatic carbocycles. The Bertz CT molecular complexity index is 394. The number of hydrogen-bond donors (Lipinski definition) is 2. The molecule has 0 saturated heterocycles. The lowest BCUT2D eigenvalue weighted by atomic mass is 9.91. The van der Waals surface area contributed by atoms with E-state index in [2.05, 4.69) is 12.2 Å². The summed E-state index contributed by atoms with van der Waals surface area (Å²) in [6, 6.07) is 9.14. The van der Waals surface area contributed by atoms with Crippen molar-refractivity contribution in [1.82, 2.24) is 5.32 Å². The van der Waals surface area contributed by atoms with E-state index in [4.69, 9.17) is 4.74 Å². The van der Waals surface area contributed by atoms with Crippen LogP contribution in [-0.4, -0.2) is 30.8 Å². The monoisotopic (exact) mass is 265 g/mol. The van der Waals surface area contributed by atoms with Gasteiger partial charge >= 0.3 is 5.97 Å². The number of ether oxygens (including phenoxy) is 1. The van der Waals surface area contributed by atoms with Crippen molar-refractivity contribution >= 4 is 5.97 Å². The number of likely N-dealkylation sites (N-methyl/N-ethyl adjacent to an activating group) is 1. The maximum Gasteiger partial charge on any atom is 0.330 e. The van der Waals surface area contributed by atoms with Crippen molar-refractivity contribution in [3.05, 3.63) is 35.9 Å². The number of hydrogen-bond acceptors (Lipinski definition) is 3. The fourth-order valence-corrected chi connectivity index (χ4v) is 2.07. The van der Waals surface area contributed by atoms with Gasteiger partial charge in [0.2, 0.25) is 0 Å². The van der Waals surface area contributed by atoms with Crippen LogP contribution in [-0.2, 0) is 15.1 Å². The highest BCUT2D eigenvalue weighted by Crippen LogP contribution is 2.22. The zero-order chi connectivity index (χ0) is 14.3. The quantitative estimate of drug-likeness (QED) is 0.757. The van der Waals surface area contributed by atoms with Gasteiger partial charge in [0.1, 0.15) is 0 Å². The third-order valence-electron chi connectivity index (χ3n) is 3.34. The van der Waals surface area contributed by atoms with Crippen molar-refractivity contribution in [2.24, 2.45) is 0 Å². The SMILES string of the molecule is CCCC(C)OCC(NC)(C(=O)O)c1ccccc1. The summed E-state index contributed by atoms with van der Waals surface area (Å²) in [4.78, 5) is 11.7. The van der Waals surface area contributed by atoms with Gasteiger partial charge in [-0.3, -0.25) is 5.32 Å². The summed E-state index contributed by atoms with van der Waals surface area (Å²) in [6.45, 7) is 4.17. The average molecular weight is 265 g/mol. The van der Waals surface area contributed by atoms with E-state index in [0.717, 1.165) is 12.8 Å². The van der Waals surface area contributed by atoms with Crippen molar-refractivity contribution in [2.75, 3.05) is 13.7 Å². The lowest BCUT2D eigenvalue weighted by Gasteiger charge is -2.30.